The van der Waals surface area contributed by atoms with Crippen LogP contribution in [0.4, 0.5) is 0 Å². The Morgan fingerprint density at radius 1 is 1.06 bits per heavy atom. The summed E-state index contributed by atoms with van der Waals surface area (Å²) in [5.41, 5.74) is 0.871. The minimum absolute atomic E-state index is 0.306. The van der Waals surface area contributed by atoms with Crippen molar-refractivity contribution in [3.8, 4) is 0 Å². The second kappa shape index (κ2) is 4.33. The molecular formula is C16H16O. The fourth-order valence-corrected chi connectivity index (χ4v) is 2.44. The number of ketones is 1. The van der Waals surface area contributed by atoms with Crippen LogP contribution in [-0.2, 0) is 0 Å². The molecule has 0 aliphatic heterocycles. The Morgan fingerprint density at radius 3 is 2.53 bits per heavy atom. The van der Waals surface area contributed by atoms with Crippen LogP contribution < -0.4 is 0 Å². The molecule has 1 saturated carbocycles. The summed E-state index contributed by atoms with van der Waals surface area (Å²) >= 11 is 0. The maximum Gasteiger partial charge on any atom is 0.163 e. The summed E-state index contributed by atoms with van der Waals surface area (Å²) in [6.45, 7) is 0. The van der Waals surface area contributed by atoms with Gasteiger partial charge in [-0.15, -0.1) is 0 Å². The van der Waals surface area contributed by atoms with Crippen LogP contribution >= 0.6 is 0 Å². The molecular weight excluding hydrogens is 208 g/mol. The van der Waals surface area contributed by atoms with Gasteiger partial charge in [0.1, 0.15) is 0 Å². The summed E-state index contributed by atoms with van der Waals surface area (Å²) in [6, 6.07) is 14.2. The lowest BCUT2D eigenvalue weighted by Gasteiger charge is -2.24. The number of hydrogen-bond donors (Lipinski definition) is 0. The summed E-state index contributed by atoms with van der Waals surface area (Å²) in [6.07, 6.45) is 4.51. The normalized spacial score (nSPS) is 15.8. The molecule has 3 rings (SSSR count). The second-order valence-corrected chi connectivity index (χ2v) is 4.99. The van der Waals surface area contributed by atoms with Crippen molar-refractivity contribution < 1.29 is 4.79 Å². The van der Waals surface area contributed by atoms with Crippen molar-refractivity contribution in [2.75, 3.05) is 0 Å². The lowest BCUT2D eigenvalue weighted by atomic mass is 9.81. The molecule has 1 heteroatoms. The van der Waals surface area contributed by atoms with Crippen molar-refractivity contribution in [2.24, 2.45) is 5.92 Å². The molecule has 0 aromatic heterocycles. The average molecular weight is 224 g/mol. The SMILES string of the molecule is O=C(CC1CCC1)c1ccc2ccccc2c1. The smallest absolute Gasteiger partial charge is 0.163 e. The molecule has 1 fully saturated rings. The topological polar surface area (TPSA) is 17.1 Å². The Morgan fingerprint density at radius 2 is 1.82 bits per heavy atom. The third kappa shape index (κ3) is 2.10. The molecule has 2 aromatic rings. The van der Waals surface area contributed by atoms with Gasteiger partial charge >= 0.3 is 0 Å². The maximum absolute atomic E-state index is 12.1. The highest BCUT2D eigenvalue weighted by Gasteiger charge is 2.21. The zero-order valence-corrected chi connectivity index (χ0v) is 9.86. The summed E-state index contributed by atoms with van der Waals surface area (Å²) in [5, 5.41) is 2.36. The second-order valence-electron chi connectivity index (χ2n) is 4.99. The Kier molecular flexibility index (Phi) is 2.68. The van der Waals surface area contributed by atoms with E-state index in [-0.39, 0.29) is 0 Å². The summed E-state index contributed by atoms with van der Waals surface area (Å²) in [4.78, 5) is 12.1. The van der Waals surface area contributed by atoms with Gasteiger partial charge in [-0.05, 0) is 22.8 Å². The molecule has 0 N–H and O–H groups in total. The number of benzene rings is 2. The van der Waals surface area contributed by atoms with Crippen LogP contribution in [0.15, 0.2) is 42.5 Å². The fourth-order valence-electron chi connectivity index (χ4n) is 2.44. The number of Topliss-reactive ketones (excluding diaryl/α,β-unsaturated/α-hetero) is 1. The molecule has 17 heavy (non-hydrogen) atoms. The predicted octanol–water partition coefficient (Wildman–Crippen LogP) is 4.21. The van der Waals surface area contributed by atoms with Crippen LogP contribution in [0.1, 0.15) is 36.0 Å². The molecule has 1 nitrogen and oxygen atoms in total. The molecule has 0 unspecified atom stereocenters. The van der Waals surface area contributed by atoms with E-state index in [4.69, 9.17) is 0 Å². The highest BCUT2D eigenvalue weighted by molar-refractivity contribution is 6.00. The molecule has 0 bridgehead atoms. The van der Waals surface area contributed by atoms with Gasteiger partial charge in [0.2, 0.25) is 0 Å². The molecule has 0 atom stereocenters. The predicted molar refractivity (Wildman–Crippen MR) is 70.2 cm³/mol. The average Bonchev–Trinajstić information content (AvgIpc) is 2.33. The molecule has 0 saturated heterocycles. The van der Waals surface area contributed by atoms with E-state index in [0.717, 1.165) is 17.4 Å². The molecule has 1 aliphatic rings. The van der Waals surface area contributed by atoms with Gasteiger partial charge in [-0.1, -0.05) is 55.7 Å². The molecule has 2 aromatic carbocycles. The first kappa shape index (κ1) is 10.5. The first-order valence-electron chi connectivity index (χ1n) is 6.35. The van der Waals surface area contributed by atoms with Crippen molar-refractivity contribution in [1.82, 2.24) is 0 Å². The van der Waals surface area contributed by atoms with Crippen LogP contribution in [0.2, 0.25) is 0 Å². The van der Waals surface area contributed by atoms with Crippen molar-refractivity contribution >= 4 is 16.6 Å². The fraction of sp³-hybridized carbons (Fsp3) is 0.312. The minimum atomic E-state index is 0.306. The Hall–Kier alpha value is -1.63. The Balaban J connectivity index is 1.86. The Bertz CT molecular complexity index is 552. The standard InChI is InChI=1S/C16H16O/c17-16(10-12-4-3-5-12)15-9-8-13-6-1-2-7-14(13)11-15/h1-2,6-9,11-12H,3-5,10H2. The van der Waals surface area contributed by atoms with Gasteiger partial charge in [0.25, 0.3) is 0 Å². The first-order valence-corrected chi connectivity index (χ1v) is 6.35. The third-order valence-electron chi connectivity index (χ3n) is 3.77. The maximum atomic E-state index is 12.1. The van der Waals surface area contributed by atoms with E-state index in [9.17, 15) is 4.79 Å². The molecule has 0 spiro atoms. The largest absolute Gasteiger partial charge is 0.294 e. The number of rotatable bonds is 3. The zero-order chi connectivity index (χ0) is 11.7. The zero-order valence-electron chi connectivity index (χ0n) is 9.86. The Labute approximate surface area is 101 Å². The van der Waals surface area contributed by atoms with E-state index < -0.39 is 0 Å². The molecule has 0 radical (unpaired) electrons. The van der Waals surface area contributed by atoms with Gasteiger partial charge in [0.05, 0.1) is 0 Å². The van der Waals surface area contributed by atoms with Crippen molar-refractivity contribution in [2.45, 2.75) is 25.7 Å². The highest BCUT2D eigenvalue weighted by atomic mass is 16.1. The molecule has 0 heterocycles. The van der Waals surface area contributed by atoms with E-state index in [1.165, 1.54) is 24.6 Å². The van der Waals surface area contributed by atoms with Crippen molar-refractivity contribution in [3.63, 3.8) is 0 Å². The number of hydrogen-bond acceptors (Lipinski definition) is 1. The van der Waals surface area contributed by atoms with E-state index in [0.29, 0.717) is 11.7 Å². The first-order chi connectivity index (χ1) is 8.33. The summed E-state index contributed by atoms with van der Waals surface area (Å²) in [7, 11) is 0. The van der Waals surface area contributed by atoms with E-state index >= 15 is 0 Å². The van der Waals surface area contributed by atoms with Crippen molar-refractivity contribution in [3.05, 3.63) is 48.0 Å². The minimum Gasteiger partial charge on any atom is -0.294 e. The van der Waals surface area contributed by atoms with E-state index in [2.05, 4.69) is 12.1 Å². The summed E-state index contributed by atoms with van der Waals surface area (Å²) < 4.78 is 0. The van der Waals surface area contributed by atoms with Gasteiger partial charge < -0.3 is 0 Å². The molecule has 86 valence electrons. The van der Waals surface area contributed by atoms with E-state index in [1.54, 1.807) is 0 Å². The molecule has 1 aliphatic carbocycles. The monoisotopic (exact) mass is 224 g/mol. The van der Waals surface area contributed by atoms with Gasteiger partial charge in [0.15, 0.2) is 5.78 Å². The molecule has 0 amide bonds. The number of carbonyl (C=O) groups excluding carboxylic acids is 1. The quantitative estimate of drug-likeness (QED) is 0.714. The third-order valence-corrected chi connectivity index (χ3v) is 3.77. The van der Waals surface area contributed by atoms with Crippen LogP contribution in [0.25, 0.3) is 10.8 Å². The number of fused-ring (bicyclic) bond motifs is 1. The van der Waals surface area contributed by atoms with Crippen LogP contribution in [-0.4, -0.2) is 5.78 Å². The van der Waals surface area contributed by atoms with Gasteiger partial charge in [-0.2, -0.15) is 0 Å². The van der Waals surface area contributed by atoms with Gasteiger partial charge in [0, 0.05) is 12.0 Å². The number of carbonyl (C=O) groups is 1. The van der Waals surface area contributed by atoms with Crippen LogP contribution in [0, 0.1) is 5.92 Å². The van der Waals surface area contributed by atoms with Gasteiger partial charge in [-0.3, -0.25) is 4.79 Å². The van der Waals surface area contributed by atoms with Crippen LogP contribution in [0.3, 0.4) is 0 Å². The van der Waals surface area contributed by atoms with Gasteiger partial charge in [-0.25, -0.2) is 0 Å². The van der Waals surface area contributed by atoms with Crippen molar-refractivity contribution in [1.29, 1.82) is 0 Å². The van der Waals surface area contributed by atoms with Crippen LogP contribution in [0.5, 0.6) is 0 Å². The lowest BCUT2D eigenvalue weighted by molar-refractivity contribution is 0.0936. The summed E-state index contributed by atoms with van der Waals surface area (Å²) in [5.74, 6) is 0.953. The highest BCUT2D eigenvalue weighted by Crippen LogP contribution is 2.30. The van der Waals surface area contributed by atoms with E-state index in [1.807, 2.05) is 30.3 Å². The lowest BCUT2D eigenvalue weighted by Crippen LogP contribution is -2.15.